The van der Waals surface area contributed by atoms with Gasteiger partial charge in [0, 0.05) is 37.4 Å². The molecule has 152 valence electrons. The first kappa shape index (κ1) is 20.2. The predicted octanol–water partition coefficient (Wildman–Crippen LogP) is 2.08. The second-order valence-electron chi connectivity index (χ2n) is 7.05. The molecule has 0 unspecified atom stereocenters. The van der Waals surface area contributed by atoms with Crippen molar-refractivity contribution in [1.29, 1.82) is 0 Å². The lowest BCUT2D eigenvalue weighted by molar-refractivity contribution is -0.120. The summed E-state index contributed by atoms with van der Waals surface area (Å²) in [7, 11) is 1.99. The summed E-state index contributed by atoms with van der Waals surface area (Å²) in [4.78, 5) is 37.0. The van der Waals surface area contributed by atoms with E-state index >= 15 is 0 Å². The Morgan fingerprint density at radius 1 is 1.10 bits per heavy atom. The fraction of sp³-hybridized carbons (Fsp3) is 0.286. The average Bonchev–Trinajstić information content (AvgIpc) is 3.04. The number of anilines is 2. The fourth-order valence-electron chi connectivity index (χ4n) is 3.03. The van der Waals surface area contributed by atoms with E-state index < -0.39 is 12.1 Å². The summed E-state index contributed by atoms with van der Waals surface area (Å²) in [6, 6.07) is 16.0. The third kappa shape index (κ3) is 5.47. The molecule has 2 aromatic rings. The molecule has 2 atom stereocenters. The molecule has 8 heteroatoms. The molecule has 1 heterocycles. The molecule has 29 heavy (non-hydrogen) atoms. The Morgan fingerprint density at radius 3 is 2.41 bits per heavy atom. The van der Waals surface area contributed by atoms with Crippen LogP contribution in [0, 0.1) is 0 Å². The molecule has 1 saturated heterocycles. The molecule has 0 spiro atoms. The SMILES string of the molecule is C[C@H](CNC(=O)Nc1ccc(C[C@H]2NC(=O)NC2=O)cc1)N(C)c1ccccc1. The van der Waals surface area contributed by atoms with Gasteiger partial charge in [0.15, 0.2) is 0 Å². The highest BCUT2D eigenvalue weighted by molar-refractivity contribution is 6.04. The number of rotatable bonds is 7. The summed E-state index contributed by atoms with van der Waals surface area (Å²) < 4.78 is 0. The van der Waals surface area contributed by atoms with E-state index in [4.69, 9.17) is 0 Å². The molecule has 0 aliphatic carbocycles. The van der Waals surface area contributed by atoms with Gasteiger partial charge in [-0.1, -0.05) is 30.3 Å². The minimum absolute atomic E-state index is 0.123. The molecule has 8 nitrogen and oxygen atoms in total. The van der Waals surface area contributed by atoms with Crippen LogP contribution in [0.25, 0.3) is 0 Å². The van der Waals surface area contributed by atoms with Gasteiger partial charge >= 0.3 is 12.1 Å². The maximum Gasteiger partial charge on any atom is 0.322 e. The van der Waals surface area contributed by atoms with Crippen LogP contribution in [0.15, 0.2) is 54.6 Å². The molecule has 1 fully saturated rings. The van der Waals surface area contributed by atoms with Crippen LogP contribution in [-0.2, 0) is 11.2 Å². The Hall–Kier alpha value is -3.55. The lowest BCUT2D eigenvalue weighted by Crippen LogP contribution is -2.41. The van der Waals surface area contributed by atoms with E-state index in [9.17, 15) is 14.4 Å². The van der Waals surface area contributed by atoms with Gasteiger partial charge < -0.3 is 20.9 Å². The van der Waals surface area contributed by atoms with Crippen molar-refractivity contribution in [3.63, 3.8) is 0 Å². The summed E-state index contributed by atoms with van der Waals surface area (Å²) in [6.45, 7) is 2.53. The summed E-state index contributed by atoms with van der Waals surface area (Å²) in [6.07, 6.45) is 0.396. The lowest BCUT2D eigenvalue weighted by Gasteiger charge is -2.27. The van der Waals surface area contributed by atoms with E-state index in [-0.39, 0.29) is 18.0 Å². The predicted molar refractivity (Wildman–Crippen MR) is 112 cm³/mol. The molecule has 0 aromatic heterocycles. The van der Waals surface area contributed by atoms with Gasteiger partial charge in [-0.15, -0.1) is 0 Å². The molecule has 4 N–H and O–H groups in total. The van der Waals surface area contributed by atoms with Gasteiger partial charge in [-0.2, -0.15) is 0 Å². The van der Waals surface area contributed by atoms with Gasteiger partial charge in [0.25, 0.3) is 5.91 Å². The van der Waals surface area contributed by atoms with Crippen LogP contribution < -0.4 is 26.2 Å². The zero-order valence-corrected chi connectivity index (χ0v) is 16.4. The zero-order chi connectivity index (χ0) is 20.8. The topological polar surface area (TPSA) is 103 Å². The normalized spacial score (nSPS) is 16.6. The van der Waals surface area contributed by atoms with Gasteiger partial charge in [0.05, 0.1) is 0 Å². The van der Waals surface area contributed by atoms with Crippen LogP contribution in [0.2, 0.25) is 0 Å². The number of amides is 5. The maximum atomic E-state index is 12.2. The highest BCUT2D eigenvalue weighted by Gasteiger charge is 2.29. The quantitative estimate of drug-likeness (QED) is 0.539. The molecule has 5 amide bonds. The monoisotopic (exact) mass is 395 g/mol. The van der Waals surface area contributed by atoms with Crippen molar-refractivity contribution >= 4 is 29.3 Å². The van der Waals surface area contributed by atoms with Gasteiger partial charge in [-0.3, -0.25) is 10.1 Å². The molecule has 2 aromatic carbocycles. The summed E-state index contributed by atoms with van der Waals surface area (Å²) in [5, 5.41) is 10.4. The molecular weight excluding hydrogens is 370 g/mol. The number of carbonyl (C=O) groups excluding carboxylic acids is 3. The van der Waals surface area contributed by atoms with Gasteiger partial charge in [-0.05, 0) is 36.8 Å². The van der Waals surface area contributed by atoms with Gasteiger partial charge in [0.2, 0.25) is 0 Å². The fourth-order valence-corrected chi connectivity index (χ4v) is 3.03. The Labute approximate surface area is 169 Å². The number of hydrogen-bond donors (Lipinski definition) is 4. The second-order valence-corrected chi connectivity index (χ2v) is 7.05. The second kappa shape index (κ2) is 9.09. The molecule has 1 aliphatic rings. The number of imide groups is 1. The standard InChI is InChI=1S/C21H25N5O3/c1-14(26(2)17-6-4-3-5-7-17)13-22-20(28)23-16-10-8-15(9-11-16)12-18-19(27)25-21(29)24-18/h3-11,14,18H,12-13H2,1-2H3,(H2,22,23,28)(H2,24,25,27,29)/t14-,18-/m1/s1. The van der Waals surface area contributed by atoms with Crippen molar-refractivity contribution in [2.75, 3.05) is 23.8 Å². The van der Waals surface area contributed by atoms with Gasteiger partial charge in [-0.25, -0.2) is 9.59 Å². The van der Waals surface area contributed by atoms with Crippen LogP contribution in [0.5, 0.6) is 0 Å². The van der Waals surface area contributed by atoms with Crippen molar-refractivity contribution in [3.8, 4) is 0 Å². The number of nitrogens with zero attached hydrogens (tertiary/aromatic N) is 1. The lowest BCUT2D eigenvalue weighted by atomic mass is 10.1. The minimum atomic E-state index is -0.562. The number of nitrogens with one attached hydrogen (secondary N) is 4. The Balaban J connectivity index is 1.45. The number of likely N-dealkylation sites (N-methyl/N-ethyl adjacent to an activating group) is 1. The highest BCUT2D eigenvalue weighted by Crippen LogP contribution is 2.14. The Bertz CT molecular complexity index is 870. The molecular formula is C21H25N5O3. The largest absolute Gasteiger partial charge is 0.370 e. The first-order chi connectivity index (χ1) is 13.9. The van der Waals surface area contributed by atoms with Crippen molar-refractivity contribution in [1.82, 2.24) is 16.0 Å². The molecule has 3 rings (SSSR count). The average molecular weight is 395 g/mol. The van der Waals surface area contributed by atoms with E-state index in [0.717, 1.165) is 11.3 Å². The number of hydrogen-bond acceptors (Lipinski definition) is 4. The maximum absolute atomic E-state index is 12.2. The summed E-state index contributed by atoms with van der Waals surface area (Å²) in [5.41, 5.74) is 2.62. The minimum Gasteiger partial charge on any atom is -0.370 e. The first-order valence-corrected chi connectivity index (χ1v) is 9.45. The van der Waals surface area contributed by atoms with Crippen molar-refractivity contribution < 1.29 is 14.4 Å². The number of urea groups is 2. The summed E-state index contributed by atoms with van der Waals surface area (Å²) in [5.74, 6) is -0.328. The number of benzene rings is 2. The molecule has 0 bridgehead atoms. The molecule has 0 radical (unpaired) electrons. The van der Waals surface area contributed by atoms with E-state index in [2.05, 4.69) is 26.2 Å². The van der Waals surface area contributed by atoms with Crippen LogP contribution >= 0.6 is 0 Å². The van der Waals surface area contributed by atoms with E-state index in [1.54, 1.807) is 12.1 Å². The number of carbonyl (C=O) groups is 3. The van der Waals surface area contributed by atoms with E-state index in [1.807, 2.05) is 56.4 Å². The Kier molecular flexibility index (Phi) is 6.33. The van der Waals surface area contributed by atoms with E-state index in [0.29, 0.717) is 18.7 Å². The van der Waals surface area contributed by atoms with E-state index in [1.165, 1.54) is 0 Å². The molecule has 0 saturated carbocycles. The highest BCUT2D eigenvalue weighted by atomic mass is 16.2. The van der Waals surface area contributed by atoms with Crippen molar-refractivity contribution in [2.45, 2.75) is 25.4 Å². The number of para-hydroxylation sites is 1. The first-order valence-electron chi connectivity index (χ1n) is 9.45. The third-order valence-corrected chi connectivity index (χ3v) is 4.89. The van der Waals surface area contributed by atoms with Crippen molar-refractivity contribution in [3.05, 3.63) is 60.2 Å². The van der Waals surface area contributed by atoms with Gasteiger partial charge in [0.1, 0.15) is 6.04 Å². The van der Waals surface area contributed by atoms with Crippen LogP contribution in [0.1, 0.15) is 12.5 Å². The van der Waals surface area contributed by atoms with Crippen molar-refractivity contribution in [2.24, 2.45) is 0 Å². The summed E-state index contributed by atoms with van der Waals surface area (Å²) >= 11 is 0. The smallest absolute Gasteiger partial charge is 0.322 e. The Morgan fingerprint density at radius 2 is 1.79 bits per heavy atom. The van der Waals surface area contributed by atoms with Crippen LogP contribution in [0.4, 0.5) is 21.0 Å². The van der Waals surface area contributed by atoms with Crippen LogP contribution in [-0.4, -0.2) is 43.6 Å². The van der Waals surface area contributed by atoms with Crippen LogP contribution in [0.3, 0.4) is 0 Å². The zero-order valence-electron chi connectivity index (χ0n) is 16.4. The molecule has 1 aliphatic heterocycles. The third-order valence-electron chi connectivity index (χ3n) is 4.89.